The summed E-state index contributed by atoms with van der Waals surface area (Å²) < 4.78 is 27.1. The van der Waals surface area contributed by atoms with Crippen LogP contribution in [-0.2, 0) is 19.6 Å². The van der Waals surface area contributed by atoms with Gasteiger partial charge in [0.25, 0.3) is 5.69 Å². The van der Waals surface area contributed by atoms with Gasteiger partial charge in [-0.25, -0.2) is 8.42 Å². The molecule has 0 unspecified atom stereocenters. The third kappa shape index (κ3) is 4.02. The van der Waals surface area contributed by atoms with Gasteiger partial charge in [-0.1, -0.05) is 30.3 Å². The van der Waals surface area contributed by atoms with Gasteiger partial charge < -0.3 is 10.2 Å². The van der Waals surface area contributed by atoms with Crippen molar-refractivity contribution in [2.24, 2.45) is 5.92 Å². The number of nitro benzene ring substituents is 1. The molecule has 0 spiro atoms. The largest absolute Gasteiger partial charge is 0.481 e. The fourth-order valence-electron chi connectivity index (χ4n) is 3.81. The van der Waals surface area contributed by atoms with Crippen LogP contribution in [-0.4, -0.2) is 52.4 Å². The average Bonchev–Trinajstić information content (AvgIpc) is 3.08. The predicted molar refractivity (Wildman–Crippen MR) is 103 cm³/mol. The van der Waals surface area contributed by atoms with Gasteiger partial charge in [0.2, 0.25) is 10.0 Å². The highest BCUT2D eigenvalue weighted by atomic mass is 32.2. The summed E-state index contributed by atoms with van der Waals surface area (Å²) in [5.41, 5.74) is 0.326. The van der Waals surface area contributed by atoms with E-state index >= 15 is 0 Å². The van der Waals surface area contributed by atoms with E-state index in [1.165, 1.54) is 0 Å². The minimum Gasteiger partial charge on any atom is -0.481 e. The third-order valence-corrected chi connectivity index (χ3v) is 7.02. The molecule has 1 fully saturated rings. The van der Waals surface area contributed by atoms with Crippen LogP contribution in [0.15, 0.2) is 59.5 Å². The third-order valence-electron chi connectivity index (χ3n) is 5.15. The second kappa shape index (κ2) is 8.20. The number of nitrogens with zero attached hydrogens (tertiary/aromatic N) is 2. The number of carboxylic acids is 2. The maximum Gasteiger partial charge on any atom is 0.322 e. The van der Waals surface area contributed by atoms with E-state index in [4.69, 9.17) is 0 Å². The number of non-ortho nitro benzene ring substituents is 1. The molecule has 3 rings (SSSR count). The van der Waals surface area contributed by atoms with Crippen LogP contribution in [0.1, 0.15) is 17.9 Å². The number of benzene rings is 2. The fraction of sp³-hybridized carbons (Fsp3) is 0.263. The molecule has 0 amide bonds. The SMILES string of the molecule is O=C(O)C[C@H]1[C@@H](c2ccccc2)CN(S(=O)(=O)c2ccc([N+](=O)[O-])cc2)[C@H]1C(=O)O. The van der Waals surface area contributed by atoms with Crippen LogP contribution in [0.25, 0.3) is 0 Å². The first-order valence-corrected chi connectivity index (χ1v) is 10.3. The number of hydrogen-bond acceptors (Lipinski definition) is 6. The Hall–Kier alpha value is -3.31. The number of nitro groups is 1. The quantitative estimate of drug-likeness (QED) is 0.495. The van der Waals surface area contributed by atoms with Crippen LogP contribution >= 0.6 is 0 Å². The van der Waals surface area contributed by atoms with E-state index in [-0.39, 0.29) is 17.1 Å². The van der Waals surface area contributed by atoms with Crippen LogP contribution in [0.2, 0.25) is 0 Å². The molecular formula is C19H18N2O8S. The molecule has 1 heterocycles. The molecule has 0 aromatic heterocycles. The lowest BCUT2D eigenvalue weighted by atomic mass is 9.83. The summed E-state index contributed by atoms with van der Waals surface area (Å²) in [6, 6.07) is 11.1. The number of hydrogen-bond donors (Lipinski definition) is 2. The summed E-state index contributed by atoms with van der Waals surface area (Å²) >= 11 is 0. The highest BCUT2D eigenvalue weighted by Gasteiger charge is 2.52. The highest BCUT2D eigenvalue weighted by molar-refractivity contribution is 7.89. The summed E-state index contributed by atoms with van der Waals surface area (Å²) in [6.07, 6.45) is -0.525. The molecular weight excluding hydrogens is 416 g/mol. The molecule has 1 aliphatic heterocycles. The molecule has 2 aromatic rings. The lowest BCUT2D eigenvalue weighted by molar-refractivity contribution is -0.384. The van der Waals surface area contributed by atoms with Crippen molar-refractivity contribution in [3.63, 3.8) is 0 Å². The lowest BCUT2D eigenvalue weighted by Gasteiger charge is -2.24. The molecule has 10 nitrogen and oxygen atoms in total. The van der Waals surface area contributed by atoms with Crippen molar-refractivity contribution >= 4 is 27.6 Å². The Morgan fingerprint density at radius 3 is 2.17 bits per heavy atom. The van der Waals surface area contributed by atoms with E-state index in [9.17, 15) is 38.3 Å². The molecule has 30 heavy (non-hydrogen) atoms. The highest BCUT2D eigenvalue weighted by Crippen LogP contribution is 2.42. The molecule has 1 aliphatic rings. The summed E-state index contributed by atoms with van der Waals surface area (Å²) in [4.78, 5) is 33.3. The first-order valence-electron chi connectivity index (χ1n) is 8.88. The second-order valence-electron chi connectivity index (χ2n) is 6.89. The molecule has 0 saturated carbocycles. The van der Waals surface area contributed by atoms with Gasteiger partial charge in [0, 0.05) is 30.5 Å². The topological polar surface area (TPSA) is 155 Å². The Labute approximate surface area is 171 Å². The Balaban J connectivity index is 2.06. The predicted octanol–water partition coefficient (Wildman–Crippen LogP) is 1.93. The monoisotopic (exact) mass is 434 g/mol. The first kappa shape index (κ1) is 21.4. The van der Waals surface area contributed by atoms with Gasteiger partial charge >= 0.3 is 11.9 Å². The number of rotatable bonds is 7. The Morgan fingerprint density at radius 2 is 1.67 bits per heavy atom. The van der Waals surface area contributed by atoms with Crippen LogP contribution in [0, 0.1) is 16.0 Å². The van der Waals surface area contributed by atoms with Gasteiger partial charge in [0.15, 0.2) is 0 Å². The van der Waals surface area contributed by atoms with Crippen molar-refractivity contribution in [1.82, 2.24) is 4.31 Å². The van der Waals surface area contributed by atoms with Crippen LogP contribution in [0.4, 0.5) is 5.69 Å². The minimum absolute atomic E-state index is 0.224. The Kier molecular flexibility index (Phi) is 5.85. The Morgan fingerprint density at radius 1 is 1.07 bits per heavy atom. The molecule has 1 saturated heterocycles. The number of carboxylic acid groups (broad SMARTS) is 2. The molecule has 2 aromatic carbocycles. The molecule has 11 heteroatoms. The molecule has 3 atom stereocenters. The van der Waals surface area contributed by atoms with E-state index in [1.54, 1.807) is 30.3 Å². The zero-order chi connectivity index (χ0) is 22.1. The van der Waals surface area contributed by atoms with Gasteiger partial charge in [-0.15, -0.1) is 0 Å². The van der Waals surface area contributed by atoms with Crippen LogP contribution < -0.4 is 0 Å². The van der Waals surface area contributed by atoms with Gasteiger partial charge in [-0.05, 0) is 17.7 Å². The van der Waals surface area contributed by atoms with Crippen molar-refractivity contribution < 1.29 is 33.1 Å². The minimum atomic E-state index is -4.35. The van der Waals surface area contributed by atoms with E-state index < -0.39 is 51.2 Å². The Bertz CT molecular complexity index is 1070. The van der Waals surface area contributed by atoms with Gasteiger partial charge in [-0.2, -0.15) is 4.31 Å². The van der Waals surface area contributed by atoms with Crippen molar-refractivity contribution in [1.29, 1.82) is 0 Å². The van der Waals surface area contributed by atoms with Crippen molar-refractivity contribution in [3.8, 4) is 0 Å². The molecule has 0 bridgehead atoms. The van der Waals surface area contributed by atoms with Gasteiger partial charge in [0.05, 0.1) is 16.2 Å². The normalized spacial score (nSPS) is 21.9. The number of sulfonamides is 1. The number of carbonyl (C=O) groups is 2. The summed E-state index contributed by atoms with van der Waals surface area (Å²) in [5.74, 6) is -4.32. The lowest BCUT2D eigenvalue weighted by Crippen LogP contribution is -2.43. The van der Waals surface area contributed by atoms with E-state index in [0.29, 0.717) is 5.56 Å². The summed E-state index contributed by atoms with van der Waals surface area (Å²) in [5, 5.41) is 29.9. The van der Waals surface area contributed by atoms with Crippen molar-refractivity contribution in [2.75, 3.05) is 6.54 Å². The van der Waals surface area contributed by atoms with Gasteiger partial charge in [-0.3, -0.25) is 19.7 Å². The van der Waals surface area contributed by atoms with E-state index in [0.717, 1.165) is 28.6 Å². The summed E-state index contributed by atoms with van der Waals surface area (Å²) in [7, 11) is -4.35. The fourth-order valence-corrected chi connectivity index (χ4v) is 5.47. The molecule has 0 radical (unpaired) electrons. The van der Waals surface area contributed by atoms with Crippen LogP contribution in [0.5, 0.6) is 0 Å². The smallest absolute Gasteiger partial charge is 0.322 e. The maximum absolute atomic E-state index is 13.2. The number of aliphatic carboxylic acids is 2. The first-order chi connectivity index (χ1) is 14.1. The molecule has 158 valence electrons. The van der Waals surface area contributed by atoms with Crippen molar-refractivity contribution in [2.45, 2.75) is 23.3 Å². The summed E-state index contributed by atoms with van der Waals surface area (Å²) in [6.45, 7) is -0.224. The standard InChI is InChI=1S/C19H18N2O8S/c22-17(23)10-15-16(12-4-2-1-3-5-12)11-20(18(15)19(24)25)30(28,29)14-8-6-13(7-9-14)21(26)27/h1-9,15-16,18H,10-11H2,(H,22,23)(H,24,25)/t15-,16+,18+/m0/s1. The zero-order valence-corrected chi connectivity index (χ0v) is 16.3. The van der Waals surface area contributed by atoms with Crippen LogP contribution in [0.3, 0.4) is 0 Å². The maximum atomic E-state index is 13.2. The zero-order valence-electron chi connectivity index (χ0n) is 15.5. The van der Waals surface area contributed by atoms with E-state index in [2.05, 4.69) is 0 Å². The molecule has 0 aliphatic carbocycles. The average molecular weight is 434 g/mol. The van der Waals surface area contributed by atoms with E-state index in [1.807, 2.05) is 0 Å². The molecule has 2 N–H and O–H groups in total. The van der Waals surface area contributed by atoms with Gasteiger partial charge in [0.1, 0.15) is 6.04 Å². The van der Waals surface area contributed by atoms with Crippen molar-refractivity contribution in [3.05, 3.63) is 70.3 Å². The second-order valence-corrected chi connectivity index (χ2v) is 8.78.